The van der Waals surface area contributed by atoms with Gasteiger partial charge in [-0.3, -0.25) is 9.59 Å². The normalized spacial score (nSPS) is 10.3. The molecule has 0 saturated carbocycles. The molecule has 3 rings (SSSR count). The van der Waals surface area contributed by atoms with E-state index in [9.17, 15) is 14.0 Å². The molecule has 124 valence electrons. The predicted molar refractivity (Wildman–Crippen MR) is 95.1 cm³/mol. The van der Waals surface area contributed by atoms with Gasteiger partial charge in [0.1, 0.15) is 5.82 Å². The summed E-state index contributed by atoms with van der Waals surface area (Å²) in [5.41, 5.74) is 7.06. The van der Waals surface area contributed by atoms with E-state index in [2.05, 4.69) is 5.32 Å². The van der Waals surface area contributed by atoms with Crippen molar-refractivity contribution in [2.45, 2.75) is 0 Å². The number of benzene rings is 3. The zero-order valence-electron chi connectivity index (χ0n) is 13.2. The number of rotatable bonds is 4. The van der Waals surface area contributed by atoms with E-state index in [4.69, 9.17) is 5.73 Å². The maximum atomic E-state index is 13.8. The van der Waals surface area contributed by atoms with Crippen LogP contribution in [-0.2, 0) is 0 Å². The number of halogens is 1. The molecule has 0 aliphatic rings. The van der Waals surface area contributed by atoms with Crippen LogP contribution in [0, 0.1) is 5.82 Å². The molecule has 0 atom stereocenters. The number of nitrogen functional groups attached to an aromatic ring is 1. The quantitative estimate of drug-likeness (QED) is 0.561. The van der Waals surface area contributed by atoms with E-state index in [1.165, 1.54) is 30.3 Å². The van der Waals surface area contributed by atoms with E-state index >= 15 is 0 Å². The van der Waals surface area contributed by atoms with Gasteiger partial charge < -0.3 is 11.1 Å². The molecule has 3 aromatic rings. The van der Waals surface area contributed by atoms with Crippen molar-refractivity contribution in [2.75, 3.05) is 11.1 Å². The van der Waals surface area contributed by atoms with Gasteiger partial charge in [0.05, 0.1) is 11.3 Å². The Balaban J connectivity index is 1.96. The molecule has 0 saturated heterocycles. The molecule has 0 bridgehead atoms. The van der Waals surface area contributed by atoms with Gasteiger partial charge in [-0.15, -0.1) is 0 Å². The second kappa shape index (κ2) is 6.97. The molecular weight excluding hydrogens is 319 g/mol. The molecule has 3 aromatic carbocycles. The van der Waals surface area contributed by atoms with Crippen LogP contribution in [0.3, 0.4) is 0 Å². The van der Waals surface area contributed by atoms with Gasteiger partial charge in [0, 0.05) is 16.8 Å². The summed E-state index contributed by atoms with van der Waals surface area (Å²) in [4.78, 5) is 25.1. The Morgan fingerprint density at radius 2 is 1.52 bits per heavy atom. The summed E-state index contributed by atoms with van der Waals surface area (Å²) in [5.74, 6) is -1.55. The third-order valence-corrected chi connectivity index (χ3v) is 3.69. The second-order valence-electron chi connectivity index (χ2n) is 5.43. The molecule has 0 aliphatic heterocycles. The minimum absolute atomic E-state index is 0.0996. The van der Waals surface area contributed by atoms with Gasteiger partial charge in [-0.25, -0.2) is 4.39 Å². The topological polar surface area (TPSA) is 72.2 Å². The van der Waals surface area contributed by atoms with Crippen LogP contribution in [0.2, 0.25) is 0 Å². The lowest BCUT2D eigenvalue weighted by Gasteiger charge is -2.12. The Labute approximate surface area is 144 Å². The van der Waals surface area contributed by atoms with Gasteiger partial charge in [-0.1, -0.05) is 42.5 Å². The summed E-state index contributed by atoms with van der Waals surface area (Å²) >= 11 is 0. The fourth-order valence-electron chi connectivity index (χ4n) is 2.44. The molecule has 3 N–H and O–H groups in total. The van der Waals surface area contributed by atoms with Crippen LogP contribution in [-0.4, -0.2) is 11.7 Å². The highest BCUT2D eigenvalue weighted by Crippen LogP contribution is 2.23. The highest BCUT2D eigenvalue weighted by Gasteiger charge is 2.17. The number of hydrogen-bond donors (Lipinski definition) is 2. The summed E-state index contributed by atoms with van der Waals surface area (Å²) in [6, 6.07) is 18.9. The number of carbonyl (C=O) groups is 2. The lowest BCUT2D eigenvalue weighted by atomic mass is 10.0. The lowest BCUT2D eigenvalue weighted by Crippen LogP contribution is -2.16. The molecule has 0 radical (unpaired) electrons. The SMILES string of the molecule is Nc1ccc(NC(=O)c2ccccc2F)c(C(=O)c2ccccc2)c1. The van der Waals surface area contributed by atoms with Crippen LogP contribution in [0.25, 0.3) is 0 Å². The predicted octanol–water partition coefficient (Wildman–Crippen LogP) is 3.89. The summed E-state index contributed by atoms with van der Waals surface area (Å²) in [6.45, 7) is 0. The average molecular weight is 334 g/mol. The number of amides is 1. The average Bonchev–Trinajstić information content (AvgIpc) is 2.63. The third-order valence-electron chi connectivity index (χ3n) is 3.69. The third kappa shape index (κ3) is 3.55. The zero-order chi connectivity index (χ0) is 17.8. The molecule has 5 heteroatoms. The molecule has 0 spiro atoms. The monoisotopic (exact) mass is 334 g/mol. The van der Waals surface area contributed by atoms with Crippen molar-refractivity contribution in [1.82, 2.24) is 0 Å². The van der Waals surface area contributed by atoms with Gasteiger partial charge in [0.25, 0.3) is 5.91 Å². The van der Waals surface area contributed by atoms with Gasteiger partial charge in [0.15, 0.2) is 5.78 Å². The zero-order valence-corrected chi connectivity index (χ0v) is 13.2. The van der Waals surface area contributed by atoms with Crippen LogP contribution in [0.4, 0.5) is 15.8 Å². The van der Waals surface area contributed by atoms with Crippen molar-refractivity contribution in [1.29, 1.82) is 0 Å². The second-order valence-corrected chi connectivity index (χ2v) is 5.43. The van der Waals surface area contributed by atoms with Crippen LogP contribution in [0.5, 0.6) is 0 Å². The van der Waals surface area contributed by atoms with Crippen molar-refractivity contribution < 1.29 is 14.0 Å². The summed E-state index contributed by atoms with van der Waals surface area (Å²) in [5, 5.41) is 2.59. The molecule has 0 heterocycles. The number of ketones is 1. The first-order valence-corrected chi connectivity index (χ1v) is 7.61. The number of hydrogen-bond acceptors (Lipinski definition) is 3. The van der Waals surface area contributed by atoms with Gasteiger partial charge in [0.2, 0.25) is 0 Å². The molecular formula is C20H15FN2O2. The van der Waals surface area contributed by atoms with Crippen LogP contribution >= 0.6 is 0 Å². The van der Waals surface area contributed by atoms with Gasteiger partial charge in [-0.2, -0.15) is 0 Å². The number of nitrogens with two attached hydrogens (primary N) is 1. The van der Waals surface area contributed by atoms with Crippen molar-refractivity contribution in [3.63, 3.8) is 0 Å². The Kier molecular flexibility index (Phi) is 4.57. The molecule has 25 heavy (non-hydrogen) atoms. The Hall–Kier alpha value is -3.47. The number of carbonyl (C=O) groups excluding carboxylic acids is 2. The van der Waals surface area contributed by atoms with E-state index in [1.54, 1.807) is 42.5 Å². The van der Waals surface area contributed by atoms with Gasteiger partial charge >= 0.3 is 0 Å². The first-order valence-electron chi connectivity index (χ1n) is 7.61. The van der Waals surface area contributed by atoms with Crippen molar-refractivity contribution in [3.05, 3.63) is 95.3 Å². The molecule has 0 aromatic heterocycles. The Morgan fingerprint density at radius 1 is 0.840 bits per heavy atom. The van der Waals surface area contributed by atoms with Crippen LogP contribution in [0.1, 0.15) is 26.3 Å². The molecule has 0 unspecified atom stereocenters. The van der Waals surface area contributed by atoms with Crippen molar-refractivity contribution in [3.8, 4) is 0 Å². The minimum atomic E-state index is -0.634. The number of nitrogens with one attached hydrogen (secondary N) is 1. The standard InChI is InChI=1S/C20H15FN2O2/c21-17-9-5-4-8-15(17)20(25)23-18-11-10-14(22)12-16(18)19(24)13-6-2-1-3-7-13/h1-12H,22H2,(H,23,25). The maximum Gasteiger partial charge on any atom is 0.258 e. The van der Waals surface area contributed by atoms with Crippen molar-refractivity contribution >= 4 is 23.1 Å². The first-order chi connectivity index (χ1) is 12.1. The van der Waals surface area contributed by atoms with Gasteiger partial charge in [-0.05, 0) is 30.3 Å². The van der Waals surface area contributed by atoms with Crippen molar-refractivity contribution in [2.24, 2.45) is 0 Å². The fourth-order valence-corrected chi connectivity index (χ4v) is 2.44. The lowest BCUT2D eigenvalue weighted by molar-refractivity contribution is 0.102. The maximum absolute atomic E-state index is 13.8. The highest BCUT2D eigenvalue weighted by molar-refractivity contribution is 6.15. The summed E-state index contributed by atoms with van der Waals surface area (Å²) in [7, 11) is 0. The Morgan fingerprint density at radius 3 is 2.24 bits per heavy atom. The van der Waals surface area contributed by atoms with E-state index in [0.717, 1.165) is 0 Å². The number of anilines is 2. The summed E-state index contributed by atoms with van der Waals surface area (Å²) < 4.78 is 13.8. The molecule has 0 aliphatic carbocycles. The van der Waals surface area contributed by atoms with E-state index < -0.39 is 11.7 Å². The first kappa shape index (κ1) is 16.4. The largest absolute Gasteiger partial charge is 0.399 e. The smallest absolute Gasteiger partial charge is 0.258 e. The van der Waals surface area contributed by atoms with E-state index in [1.807, 2.05) is 0 Å². The van der Waals surface area contributed by atoms with Crippen LogP contribution in [0.15, 0.2) is 72.8 Å². The summed E-state index contributed by atoms with van der Waals surface area (Å²) in [6.07, 6.45) is 0. The minimum Gasteiger partial charge on any atom is -0.399 e. The molecule has 0 fully saturated rings. The molecule has 1 amide bonds. The fraction of sp³-hybridized carbons (Fsp3) is 0. The van der Waals surface area contributed by atoms with E-state index in [0.29, 0.717) is 11.3 Å². The Bertz CT molecular complexity index is 939. The molecule has 4 nitrogen and oxygen atoms in total. The van der Waals surface area contributed by atoms with E-state index in [-0.39, 0.29) is 22.6 Å². The van der Waals surface area contributed by atoms with Crippen LogP contribution < -0.4 is 11.1 Å². The highest BCUT2D eigenvalue weighted by atomic mass is 19.1.